The number of hydrogen-bond donors (Lipinski definition) is 1. The van der Waals surface area contributed by atoms with Crippen LogP contribution in [0.15, 0.2) is 0 Å². The summed E-state index contributed by atoms with van der Waals surface area (Å²) in [6, 6.07) is -0.278. The molecule has 1 rings (SSSR count). The van der Waals surface area contributed by atoms with Gasteiger partial charge in [0.25, 0.3) is 0 Å². The minimum absolute atomic E-state index is 0.0509. The molecule has 1 heterocycles. The van der Waals surface area contributed by atoms with Gasteiger partial charge in [0.05, 0.1) is 12.2 Å². The zero-order valence-electron chi connectivity index (χ0n) is 6.45. The maximum atomic E-state index is 9.42. The van der Waals surface area contributed by atoms with Gasteiger partial charge in [0.15, 0.2) is 0 Å². The molecular weight excluding hydrogens is 127 g/mol. The third-order valence-corrected chi connectivity index (χ3v) is 2.17. The minimum atomic E-state index is -0.375. The van der Waals surface area contributed by atoms with Crippen molar-refractivity contribution in [2.75, 3.05) is 0 Å². The molecule has 0 bridgehead atoms. The fraction of sp³-hybridized carbons (Fsp3) is 1.00. The topological polar surface area (TPSA) is 29.5 Å². The molecule has 0 aromatic rings. The van der Waals surface area contributed by atoms with Crippen LogP contribution in [-0.2, 0) is 4.74 Å². The Hall–Kier alpha value is -0.0151. The molecule has 0 amide bonds. The Labute approximate surface area is 63.0 Å². The van der Waals surface area contributed by atoms with Gasteiger partial charge in [-0.2, -0.15) is 0 Å². The molecule has 56 valence electrons. The normalized spacial score (nSPS) is 47.9. The van der Waals surface area contributed by atoms with E-state index in [-0.39, 0.29) is 24.1 Å². The van der Waals surface area contributed by atoms with Crippen molar-refractivity contribution in [3.63, 3.8) is 0 Å². The first-order chi connectivity index (χ1) is 4.66. The highest BCUT2D eigenvalue weighted by molar-refractivity contribution is 6.11. The molecule has 1 fully saturated rings. The molecule has 0 aromatic carbocycles. The highest BCUT2D eigenvalue weighted by Gasteiger charge is 2.36. The van der Waals surface area contributed by atoms with Gasteiger partial charge in [0.1, 0.15) is 7.85 Å². The van der Waals surface area contributed by atoms with E-state index < -0.39 is 0 Å². The van der Waals surface area contributed by atoms with E-state index in [0.29, 0.717) is 0 Å². The first-order valence-electron chi connectivity index (χ1n) is 3.76. The van der Waals surface area contributed by atoms with Crippen LogP contribution in [0.25, 0.3) is 0 Å². The molecule has 1 unspecified atom stereocenters. The fourth-order valence-corrected chi connectivity index (χ4v) is 1.28. The van der Waals surface area contributed by atoms with Crippen LogP contribution in [0.2, 0.25) is 0 Å². The molecule has 0 spiro atoms. The molecular formula is C7H13BO2. The van der Waals surface area contributed by atoms with Crippen molar-refractivity contribution in [2.45, 2.75) is 38.5 Å². The first-order valence-corrected chi connectivity index (χ1v) is 3.76. The van der Waals surface area contributed by atoms with Crippen LogP contribution in [-0.4, -0.2) is 31.2 Å². The Kier molecular flexibility index (Phi) is 2.37. The van der Waals surface area contributed by atoms with Gasteiger partial charge in [-0.15, -0.1) is 0 Å². The van der Waals surface area contributed by atoms with Crippen molar-refractivity contribution in [3.05, 3.63) is 0 Å². The highest BCUT2D eigenvalue weighted by atomic mass is 16.5. The molecule has 3 heteroatoms. The summed E-state index contributed by atoms with van der Waals surface area (Å²) in [6.07, 6.45) is 0.407. The summed E-state index contributed by atoms with van der Waals surface area (Å²) in [6.45, 7) is 3.89. The van der Waals surface area contributed by atoms with E-state index in [4.69, 9.17) is 12.6 Å². The maximum Gasteiger partial charge on any atom is 0.109 e. The molecule has 0 aromatic heterocycles. The van der Waals surface area contributed by atoms with E-state index in [9.17, 15) is 5.11 Å². The molecule has 1 saturated heterocycles. The maximum absolute atomic E-state index is 9.42. The second kappa shape index (κ2) is 2.93. The summed E-state index contributed by atoms with van der Waals surface area (Å²) in [5.74, 6) is 0.0740. The Bertz CT molecular complexity index is 118. The van der Waals surface area contributed by atoms with Gasteiger partial charge in [-0.3, -0.25) is 0 Å². The van der Waals surface area contributed by atoms with Gasteiger partial charge < -0.3 is 9.84 Å². The second-order valence-electron chi connectivity index (χ2n) is 2.90. The summed E-state index contributed by atoms with van der Waals surface area (Å²) in [4.78, 5) is 0. The molecule has 2 nitrogen and oxygen atoms in total. The van der Waals surface area contributed by atoms with Crippen LogP contribution in [0.1, 0.15) is 20.3 Å². The fourth-order valence-electron chi connectivity index (χ4n) is 1.28. The number of rotatable bonds is 1. The molecule has 10 heavy (non-hydrogen) atoms. The summed E-state index contributed by atoms with van der Waals surface area (Å²) in [5.41, 5.74) is 0. The number of aliphatic hydroxyl groups is 1. The highest BCUT2D eigenvalue weighted by Crippen LogP contribution is 2.26. The van der Waals surface area contributed by atoms with Gasteiger partial charge in [0, 0.05) is 11.9 Å². The smallest absolute Gasteiger partial charge is 0.109 e. The van der Waals surface area contributed by atoms with E-state index in [2.05, 4.69) is 0 Å². The average molecular weight is 140 g/mol. The van der Waals surface area contributed by atoms with Gasteiger partial charge in [0.2, 0.25) is 0 Å². The molecule has 1 aliphatic heterocycles. The van der Waals surface area contributed by atoms with Crippen LogP contribution in [0, 0.1) is 5.92 Å². The van der Waals surface area contributed by atoms with Crippen molar-refractivity contribution in [3.8, 4) is 0 Å². The monoisotopic (exact) mass is 140 g/mol. The third-order valence-electron chi connectivity index (χ3n) is 2.17. The number of hydrogen-bond acceptors (Lipinski definition) is 2. The lowest BCUT2D eigenvalue weighted by molar-refractivity contribution is 0.0295. The van der Waals surface area contributed by atoms with E-state index in [1.54, 1.807) is 0 Å². The zero-order chi connectivity index (χ0) is 7.72. The van der Waals surface area contributed by atoms with Crippen LogP contribution in [0.3, 0.4) is 0 Å². The van der Waals surface area contributed by atoms with Gasteiger partial charge in [-0.25, -0.2) is 0 Å². The van der Waals surface area contributed by atoms with Crippen LogP contribution in [0.5, 0.6) is 0 Å². The van der Waals surface area contributed by atoms with E-state index in [1.807, 2.05) is 13.8 Å². The molecule has 1 aliphatic rings. The molecule has 0 aliphatic carbocycles. The summed E-state index contributed by atoms with van der Waals surface area (Å²) >= 11 is 0. The summed E-state index contributed by atoms with van der Waals surface area (Å²) < 4.78 is 5.26. The molecule has 1 N–H and O–H groups in total. The second-order valence-corrected chi connectivity index (χ2v) is 2.90. The van der Waals surface area contributed by atoms with Crippen molar-refractivity contribution in [1.82, 2.24) is 0 Å². The Morgan fingerprint density at radius 1 is 1.60 bits per heavy atom. The van der Waals surface area contributed by atoms with E-state index in [1.165, 1.54) is 0 Å². The lowest BCUT2D eigenvalue weighted by Crippen LogP contribution is -2.24. The summed E-state index contributed by atoms with van der Waals surface area (Å²) in [5, 5.41) is 9.42. The van der Waals surface area contributed by atoms with Crippen LogP contribution >= 0.6 is 0 Å². The number of ether oxygens (including phenoxy) is 1. The van der Waals surface area contributed by atoms with Crippen LogP contribution < -0.4 is 0 Å². The molecule has 2 radical (unpaired) electrons. The van der Waals surface area contributed by atoms with Gasteiger partial charge in [-0.1, -0.05) is 13.8 Å². The van der Waals surface area contributed by atoms with Crippen molar-refractivity contribution < 1.29 is 9.84 Å². The lowest BCUT2D eigenvalue weighted by atomic mass is 9.86. The Morgan fingerprint density at radius 2 is 2.20 bits per heavy atom. The number of aliphatic hydroxyl groups excluding tert-OH is 1. The first kappa shape index (κ1) is 8.09. The van der Waals surface area contributed by atoms with Crippen molar-refractivity contribution in [1.29, 1.82) is 0 Å². The van der Waals surface area contributed by atoms with Crippen LogP contribution in [0.4, 0.5) is 0 Å². The van der Waals surface area contributed by atoms with E-state index >= 15 is 0 Å². The predicted octanol–water partition coefficient (Wildman–Crippen LogP) is 0.287. The molecule has 4 atom stereocenters. The molecule has 0 saturated carbocycles. The Balaban J connectivity index is 2.53. The van der Waals surface area contributed by atoms with Gasteiger partial charge in [-0.05, 0) is 6.42 Å². The third kappa shape index (κ3) is 1.20. The van der Waals surface area contributed by atoms with Crippen molar-refractivity contribution in [2.24, 2.45) is 5.92 Å². The average Bonchev–Trinajstić information content (AvgIpc) is 2.17. The predicted molar refractivity (Wildman–Crippen MR) is 39.9 cm³/mol. The zero-order valence-corrected chi connectivity index (χ0v) is 6.45. The summed E-state index contributed by atoms with van der Waals surface area (Å²) in [7, 11) is 5.55. The quantitative estimate of drug-likeness (QED) is 0.530. The Morgan fingerprint density at radius 3 is 2.40 bits per heavy atom. The lowest BCUT2D eigenvalue weighted by Gasteiger charge is -2.12. The largest absolute Gasteiger partial charge is 0.390 e. The minimum Gasteiger partial charge on any atom is -0.390 e. The van der Waals surface area contributed by atoms with Crippen molar-refractivity contribution >= 4 is 7.85 Å². The van der Waals surface area contributed by atoms with E-state index in [0.717, 1.165) is 6.42 Å². The SMILES string of the molecule is [B][C@@H]1O[C@H](CC)C(O)[C@@H]1C. The van der Waals surface area contributed by atoms with Gasteiger partial charge >= 0.3 is 0 Å². The standard InChI is InChI=1S/C7H13BO2/c1-3-5-6(9)4(2)7(8)10-5/h4-7,9H,3H2,1-2H3/t4-,5+,6?,7+/m0/s1.